The van der Waals surface area contributed by atoms with E-state index in [1.807, 2.05) is 12.1 Å². The maximum Gasteiger partial charge on any atom is 0.412 e. The van der Waals surface area contributed by atoms with Crippen molar-refractivity contribution < 1.29 is 9.53 Å². The molecule has 0 saturated carbocycles. The van der Waals surface area contributed by atoms with Gasteiger partial charge in [0.15, 0.2) is 5.65 Å². The van der Waals surface area contributed by atoms with Crippen LogP contribution in [0.1, 0.15) is 6.92 Å². The second-order valence-corrected chi connectivity index (χ2v) is 5.61. The van der Waals surface area contributed by atoms with Gasteiger partial charge in [-0.05, 0) is 19.1 Å². The summed E-state index contributed by atoms with van der Waals surface area (Å²) in [6, 6.07) is 8.70. The fraction of sp³-hybridized carbons (Fsp3) is 0.125. The maximum atomic E-state index is 11.5. The second kappa shape index (κ2) is 6.98. The van der Waals surface area contributed by atoms with Crippen molar-refractivity contribution in [3.05, 3.63) is 46.6 Å². The number of pyridine rings is 1. The van der Waals surface area contributed by atoms with E-state index in [1.165, 1.54) is 6.07 Å². The minimum Gasteiger partial charge on any atom is -0.450 e. The Morgan fingerprint density at radius 3 is 2.67 bits per heavy atom. The molecule has 0 radical (unpaired) electrons. The Morgan fingerprint density at radius 1 is 1.21 bits per heavy atom. The molecule has 0 unspecified atom stereocenters. The third-order valence-corrected chi connectivity index (χ3v) is 3.66. The molecule has 122 valence electrons. The SMILES string of the molecule is CCOC(=O)Nc1cc(Cl)c2ncc(-c3ccc(Cl)cc3)nc2n1. The zero-order chi connectivity index (χ0) is 17.1. The number of fused-ring (bicyclic) bond motifs is 1. The van der Waals surface area contributed by atoms with Crippen LogP contribution in [0.3, 0.4) is 0 Å². The molecule has 2 heterocycles. The summed E-state index contributed by atoms with van der Waals surface area (Å²) in [4.78, 5) is 24.5. The molecule has 0 spiro atoms. The van der Waals surface area contributed by atoms with Crippen LogP contribution in [0, 0.1) is 0 Å². The van der Waals surface area contributed by atoms with Crippen LogP contribution >= 0.6 is 23.2 Å². The highest BCUT2D eigenvalue weighted by Crippen LogP contribution is 2.25. The molecule has 1 amide bonds. The van der Waals surface area contributed by atoms with Gasteiger partial charge in [-0.15, -0.1) is 0 Å². The first-order chi connectivity index (χ1) is 11.6. The van der Waals surface area contributed by atoms with Gasteiger partial charge in [-0.25, -0.2) is 19.7 Å². The largest absolute Gasteiger partial charge is 0.450 e. The Balaban J connectivity index is 2.01. The highest BCUT2D eigenvalue weighted by molar-refractivity contribution is 6.35. The summed E-state index contributed by atoms with van der Waals surface area (Å²) in [6.07, 6.45) is 1.000. The number of amides is 1. The molecule has 0 saturated heterocycles. The number of benzene rings is 1. The van der Waals surface area contributed by atoms with Gasteiger partial charge >= 0.3 is 6.09 Å². The summed E-state index contributed by atoms with van der Waals surface area (Å²) in [7, 11) is 0. The summed E-state index contributed by atoms with van der Waals surface area (Å²) >= 11 is 12.1. The zero-order valence-electron chi connectivity index (χ0n) is 12.6. The van der Waals surface area contributed by atoms with E-state index in [0.717, 1.165) is 5.56 Å². The van der Waals surface area contributed by atoms with Crippen molar-refractivity contribution in [1.29, 1.82) is 0 Å². The van der Waals surface area contributed by atoms with E-state index in [-0.39, 0.29) is 12.4 Å². The van der Waals surface area contributed by atoms with E-state index in [4.69, 9.17) is 27.9 Å². The Morgan fingerprint density at radius 2 is 1.96 bits per heavy atom. The topological polar surface area (TPSA) is 77.0 Å². The van der Waals surface area contributed by atoms with Crippen LogP contribution < -0.4 is 5.32 Å². The van der Waals surface area contributed by atoms with Crippen LogP contribution in [0.25, 0.3) is 22.4 Å². The number of carbonyl (C=O) groups is 1. The molecule has 0 atom stereocenters. The summed E-state index contributed by atoms with van der Waals surface area (Å²) in [5.74, 6) is 0.244. The molecule has 24 heavy (non-hydrogen) atoms. The van der Waals surface area contributed by atoms with Crippen molar-refractivity contribution in [2.45, 2.75) is 6.92 Å². The Bertz CT molecular complexity index is 900. The molecule has 2 aromatic heterocycles. The van der Waals surface area contributed by atoms with Crippen LogP contribution in [-0.2, 0) is 4.74 Å². The molecule has 1 N–H and O–H groups in total. The summed E-state index contributed by atoms with van der Waals surface area (Å²) in [5, 5.41) is 3.47. The predicted molar refractivity (Wildman–Crippen MR) is 93.4 cm³/mol. The highest BCUT2D eigenvalue weighted by atomic mass is 35.5. The van der Waals surface area contributed by atoms with Gasteiger partial charge in [-0.3, -0.25) is 5.32 Å². The first kappa shape index (κ1) is 16.4. The van der Waals surface area contributed by atoms with Crippen molar-refractivity contribution in [2.75, 3.05) is 11.9 Å². The fourth-order valence-corrected chi connectivity index (χ4v) is 2.42. The van der Waals surface area contributed by atoms with E-state index >= 15 is 0 Å². The molecule has 0 fully saturated rings. The Kier molecular flexibility index (Phi) is 4.78. The lowest BCUT2D eigenvalue weighted by atomic mass is 10.1. The smallest absolute Gasteiger partial charge is 0.412 e. The second-order valence-electron chi connectivity index (χ2n) is 4.77. The summed E-state index contributed by atoms with van der Waals surface area (Å²) in [6.45, 7) is 1.97. The lowest BCUT2D eigenvalue weighted by molar-refractivity contribution is 0.168. The van der Waals surface area contributed by atoms with Crippen LogP contribution in [0.2, 0.25) is 10.0 Å². The average molecular weight is 363 g/mol. The number of hydrogen-bond donors (Lipinski definition) is 1. The summed E-state index contributed by atoms with van der Waals surface area (Å²) in [5.41, 5.74) is 2.23. The molecule has 0 aliphatic heterocycles. The number of rotatable bonds is 3. The lowest BCUT2D eigenvalue weighted by Gasteiger charge is -2.07. The van der Waals surface area contributed by atoms with Crippen LogP contribution in [0.4, 0.5) is 10.6 Å². The van der Waals surface area contributed by atoms with Gasteiger partial charge in [0.25, 0.3) is 0 Å². The Hall–Kier alpha value is -2.44. The maximum absolute atomic E-state index is 11.5. The van der Waals surface area contributed by atoms with Gasteiger partial charge in [0, 0.05) is 16.7 Å². The van der Waals surface area contributed by atoms with Crippen LogP contribution in [0.5, 0.6) is 0 Å². The number of anilines is 1. The van der Waals surface area contributed by atoms with Gasteiger partial charge in [0.1, 0.15) is 11.3 Å². The average Bonchev–Trinajstić information content (AvgIpc) is 2.55. The third kappa shape index (κ3) is 3.55. The van der Waals surface area contributed by atoms with Crippen LogP contribution in [-0.4, -0.2) is 27.7 Å². The quantitative estimate of drug-likeness (QED) is 0.738. The number of nitrogens with zero attached hydrogens (tertiary/aromatic N) is 3. The van der Waals surface area contributed by atoms with Gasteiger partial charge in [-0.2, -0.15) is 0 Å². The molecule has 0 aliphatic carbocycles. The third-order valence-electron chi connectivity index (χ3n) is 3.12. The zero-order valence-corrected chi connectivity index (χ0v) is 14.1. The van der Waals surface area contributed by atoms with Crippen LogP contribution in [0.15, 0.2) is 36.5 Å². The van der Waals surface area contributed by atoms with Gasteiger partial charge in [0.2, 0.25) is 0 Å². The number of carbonyl (C=O) groups excluding carboxylic acids is 1. The molecular weight excluding hydrogens is 351 g/mol. The molecule has 3 rings (SSSR count). The first-order valence-electron chi connectivity index (χ1n) is 7.10. The molecular formula is C16H12Cl2N4O2. The van der Waals surface area contributed by atoms with Gasteiger partial charge < -0.3 is 4.74 Å². The van der Waals surface area contributed by atoms with E-state index in [9.17, 15) is 4.79 Å². The van der Waals surface area contributed by atoms with Crippen molar-refractivity contribution >= 4 is 46.3 Å². The monoisotopic (exact) mass is 362 g/mol. The molecule has 1 aromatic carbocycles. The number of hydrogen-bond acceptors (Lipinski definition) is 5. The predicted octanol–water partition coefficient (Wildman–Crippen LogP) is 4.57. The Labute approximate surface area is 147 Å². The molecule has 0 aliphatic rings. The standard InChI is InChI=1S/C16H12Cl2N4O2/c1-2-24-16(23)22-13-7-11(18)14-15(21-13)20-12(8-19-14)9-3-5-10(17)6-4-9/h3-8H,2H2,1H3,(H,20,21,22,23). The van der Waals surface area contributed by atoms with E-state index in [2.05, 4.69) is 20.3 Å². The normalized spacial score (nSPS) is 10.6. The van der Waals surface area contributed by atoms with Crippen molar-refractivity contribution in [3.63, 3.8) is 0 Å². The number of nitrogens with one attached hydrogen (secondary N) is 1. The number of ether oxygens (including phenoxy) is 1. The van der Waals surface area contributed by atoms with Gasteiger partial charge in [-0.1, -0.05) is 35.3 Å². The molecule has 8 heteroatoms. The minimum absolute atomic E-state index is 0.244. The molecule has 6 nitrogen and oxygen atoms in total. The van der Waals surface area contributed by atoms with Crippen molar-refractivity contribution in [1.82, 2.24) is 15.0 Å². The van der Waals surface area contributed by atoms with Crippen molar-refractivity contribution in [3.8, 4) is 11.3 Å². The van der Waals surface area contributed by atoms with E-state index in [0.29, 0.717) is 26.9 Å². The first-order valence-corrected chi connectivity index (χ1v) is 7.85. The van der Waals surface area contributed by atoms with E-state index < -0.39 is 6.09 Å². The minimum atomic E-state index is -0.609. The lowest BCUT2D eigenvalue weighted by Crippen LogP contribution is -2.14. The fourth-order valence-electron chi connectivity index (χ4n) is 2.06. The molecule has 3 aromatic rings. The number of aromatic nitrogens is 3. The number of halogens is 2. The van der Waals surface area contributed by atoms with Gasteiger partial charge in [0.05, 0.1) is 23.5 Å². The highest BCUT2D eigenvalue weighted by Gasteiger charge is 2.11. The molecule has 0 bridgehead atoms. The van der Waals surface area contributed by atoms with Crippen molar-refractivity contribution in [2.24, 2.45) is 0 Å². The van der Waals surface area contributed by atoms with E-state index in [1.54, 1.807) is 25.3 Å². The summed E-state index contributed by atoms with van der Waals surface area (Å²) < 4.78 is 4.82.